The van der Waals surface area contributed by atoms with Crippen LogP contribution >= 0.6 is 0 Å². The van der Waals surface area contributed by atoms with Crippen LogP contribution in [0.4, 0.5) is 0 Å². The second-order valence-corrected chi connectivity index (χ2v) is 3.28. The van der Waals surface area contributed by atoms with E-state index in [0.29, 0.717) is 12.8 Å². The van der Waals surface area contributed by atoms with Crippen LogP contribution in [-0.2, 0) is 19.1 Å². The van der Waals surface area contributed by atoms with Gasteiger partial charge in [0.05, 0.1) is 0 Å². The maximum Gasteiger partial charge on any atom is 0.303 e. The predicted molar refractivity (Wildman–Crippen MR) is 49.5 cm³/mol. The van der Waals surface area contributed by atoms with Crippen LogP contribution in [0.2, 0.25) is 0 Å². The molecule has 1 rings (SSSR count). The number of carbonyl (C=O) groups excluding carboxylic acids is 2. The fraction of sp³-hybridized carbons (Fsp3) is 0.600. The van der Waals surface area contributed by atoms with Gasteiger partial charge in [0.2, 0.25) is 0 Å². The third-order valence-electron chi connectivity index (χ3n) is 1.89. The van der Waals surface area contributed by atoms with E-state index in [9.17, 15) is 9.59 Å². The first-order valence-corrected chi connectivity index (χ1v) is 4.59. The largest absolute Gasteiger partial charge is 0.462 e. The minimum absolute atomic E-state index is 0.165. The molecule has 0 aromatic rings. The maximum atomic E-state index is 10.7. The van der Waals surface area contributed by atoms with E-state index in [-0.39, 0.29) is 24.1 Å². The molecule has 2 unspecified atom stereocenters. The van der Waals surface area contributed by atoms with E-state index in [1.807, 2.05) is 12.2 Å². The van der Waals surface area contributed by atoms with E-state index in [1.165, 1.54) is 13.8 Å². The van der Waals surface area contributed by atoms with Gasteiger partial charge in [-0.15, -0.1) is 0 Å². The molecule has 0 aromatic carbocycles. The van der Waals surface area contributed by atoms with Crippen molar-refractivity contribution in [2.24, 2.45) is 0 Å². The molecule has 0 aliphatic heterocycles. The SMILES string of the molecule is CC(=O)OC1C=CCC(OC(C)=O)C1. The molecule has 0 N–H and O–H groups in total. The van der Waals surface area contributed by atoms with Crippen molar-refractivity contribution >= 4 is 11.9 Å². The third kappa shape index (κ3) is 3.60. The summed E-state index contributed by atoms with van der Waals surface area (Å²) in [5.74, 6) is -0.616. The van der Waals surface area contributed by atoms with Crippen molar-refractivity contribution in [3.8, 4) is 0 Å². The van der Waals surface area contributed by atoms with Gasteiger partial charge in [0.25, 0.3) is 0 Å². The zero-order valence-electron chi connectivity index (χ0n) is 8.36. The Balaban J connectivity index is 2.43. The lowest BCUT2D eigenvalue weighted by atomic mass is 10.0. The molecule has 78 valence electrons. The van der Waals surface area contributed by atoms with Crippen LogP contribution in [0.3, 0.4) is 0 Å². The van der Waals surface area contributed by atoms with Crippen LogP contribution in [0.1, 0.15) is 26.7 Å². The molecule has 0 saturated carbocycles. The Bertz CT molecular complexity index is 257. The van der Waals surface area contributed by atoms with E-state index in [4.69, 9.17) is 9.47 Å². The summed E-state index contributed by atoms with van der Waals surface area (Å²) < 4.78 is 10.0. The van der Waals surface area contributed by atoms with Crippen molar-refractivity contribution < 1.29 is 19.1 Å². The zero-order valence-corrected chi connectivity index (χ0v) is 8.36. The summed E-state index contributed by atoms with van der Waals surface area (Å²) in [5, 5.41) is 0. The zero-order chi connectivity index (χ0) is 10.6. The van der Waals surface area contributed by atoms with Crippen LogP contribution < -0.4 is 0 Å². The molecule has 0 fully saturated rings. The number of esters is 2. The fourth-order valence-corrected chi connectivity index (χ4v) is 1.45. The molecule has 1 aliphatic rings. The molecule has 4 nitrogen and oxygen atoms in total. The molecule has 2 atom stereocenters. The van der Waals surface area contributed by atoms with Crippen LogP contribution in [0.25, 0.3) is 0 Å². The summed E-state index contributed by atoms with van der Waals surface area (Å²) in [6.07, 6.45) is 4.51. The molecule has 14 heavy (non-hydrogen) atoms. The van der Waals surface area contributed by atoms with Gasteiger partial charge in [-0.05, 0) is 6.08 Å². The lowest BCUT2D eigenvalue weighted by Crippen LogP contribution is -2.27. The van der Waals surface area contributed by atoms with E-state index in [1.54, 1.807) is 0 Å². The Morgan fingerprint density at radius 1 is 1.21 bits per heavy atom. The molecular weight excluding hydrogens is 184 g/mol. The molecular formula is C10H14O4. The highest BCUT2D eigenvalue weighted by atomic mass is 16.6. The average Bonchev–Trinajstić information content (AvgIpc) is 2.01. The van der Waals surface area contributed by atoms with Crippen molar-refractivity contribution in [3.05, 3.63) is 12.2 Å². The standard InChI is InChI=1S/C10H14O4/c1-7(11)13-9-4-3-5-10(6-9)14-8(2)12/h3-4,9-10H,5-6H2,1-2H3. The second kappa shape index (κ2) is 4.79. The molecule has 0 aromatic heterocycles. The van der Waals surface area contributed by atoms with Crippen molar-refractivity contribution in [1.82, 2.24) is 0 Å². The van der Waals surface area contributed by atoms with Crippen molar-refractivity contribution in [2.75, 3.05) is 0 Å². The highest BCUT2D eigenvalue weighted by molar-refractivity contribution is 5.67. The fourth-order valence-electron chi connectivity index (χ4n) is 1.45. The molecule has 0 bridgehead atoms. The lowest BCUT2D eigenvalue weighted by molar-refractivity contribution is -0.151. The van der Waals surface area contributed by atoms with Gasteiger partial charge in [0, 0.05) is 26.7 Å². The normalized spacial score (nSPS) is 25.6. The van der Waals surface area contributed by atoms with Gasteiger partial charge in [0.15, 0.2) is 0 Å². The first-order chi connectivity index (χ1) is 6.58. The number of hydrogen-bond acceptors (Lipinski definition) is 4. The molecule has 0 saturated heterocycles. The third-order valence-corrected chi connectivity index (χ3v) is 1.89. The second-order valence-electron chi connectivity index (χ2n) is 3.28. The van der Waals surface area contributed by atoms with E-state index in [2.05, 4.69) is 0 Å². The van der Waals surface area contributed by atoms with Crippen LogP contribution in [-0.4, -0.2) is 24.1 Å². The van der Waals surface area contributed by atoms with Crippen molar-refractivity contribution in [2.45, 2.75) is 38.9 Å². The number of hydrogen-bond donors (Lipinski definition) is 0. The van der Waals surface area contributed by atoms with Crippen LogP contribution in [0.5, 0.6) is 0 Å². The first kappa shape index (κ1) is 10.8. The first-order valence-electron chi connectivity index (χ1n) is 4.59. The summed E-state index contributed by atoms with van der Waals surface area (Å²) >= 11 is 0. The van der Waals surface area contributed by atoms with Crippen molar-refractivity contribution in [3.63, 3.8) is 0 Å². The molecule has 0 heterocycles. The van der Waals surface area contributed by atoms with Gasteiger partial charge in [-0.1, -0.05) is 6.08 Å². The van der Waals surface area contributed by atoms with Gasteiger partial charge in [-0.3, -0.25) is 9.59 Å². The topological polar surface area (TPSA) is 52.6 Å². The van der Waals surface area contributed by atoms with Gasteiger partial charge >= 0.3 is 11.9 Å². The monoisotopic (exact) mass is 198 g/mol. The Labute approximate surface area is 82.9 Å². The van der Waals surface area contributed by atoms with Crippen molar-refractivity contribution in [1.29, 1.82) is 0 Å². The summed E-state index contributed by atoms with van der Waals surface area (Å²) in [7, 11) is 0. The van der Waals surface area contributed by atoms with Crippen LogP contribution in [0, 0.1) is 0 Å². The smallest absolute Gasteiger partial charge is 0.303 e. The Kier molecular flexibility index (Phi) is 3.68. The molecule has 0 radical (unpaired) electrons. The lowest BCUT2D eigenvalue weighted by Gasteiger charge is -2.23. The molecule has 0 spiro atoms. The number of ether oxygens (including phenoxy) is 2. The van der Waals surface area contributed by atoms with Gasteiger partial charge in [-0.25, -0.2) is 0 Å². The predicted octanol–water partition coefficient (Wildman–Crippen LogP) is 1.20. The Morgan fingerprint density at radius 2 is 1.86 bits per heavy atom. The van der Waals surface area contributed by atoms with Gasteiger partial charge in [-0.2, -0.15) is 0 Å². The van der Waals surface area contributed by atoms with E-state index < -0.39 is 0 Å². The number of rotatable bonds is 2. The summed E-state index contributed by atoms with van der Waals surface area (Å²) in [6.45, 7) is 2.74. The highest BCUT2D eigenvalue weighted by Crippen LogP contribution is 2.17. The maximum absolute atomic E-state index is 10.7. The quantitative estimate of drug-likeness (QED) is 0.494. The molecule has 0 amide bonds. The summed E-state index contributed by atoms with van der Waals surface area (Å²) in [4.78, 5) is 21.4. The minimum Gasteiger partial charge on any atom is -0.462 e. The molecule has 1 aliphatic carbocycles. The average molecular weight is 198 g/mol. The Hall–Kier alpha value is -1.32. The van der Waals surface area contributed by atoms with Crippen LogP contribution in [0.15, 0.2) is 12.2 Å². The highest BCUT2D eigenvalue weighted by Gasteiger charge is 2.21. The summed E-state index contributed by atoms with van der Waals surface area (Å²) in [5.41, 5.74) is 0. The summed E-state index contributed by atoms with van der Waals surface area (Å²) in [6, 6.07) is 0. The number of carbonyl (C=O) groups is 2. The minimum atomic E-state index is -0.317. The Morgan fingerprint density at radius 3 is 2.43 bits per heavy atom. The van der Waals surface area contributed by atoms with E-state index in [0.717, 1.165) is 0 Å². The van der Waals surface area contributed by atoms with Gasteiger partial charge in [0.1, 0.15) is 12.2 Å². The molecule has 4 heteroatoms. The van der Waals surface area contributed by atoms with Gasteiger partial charge < -0.3 is 9.47 Å². The van der Waals surface area contributed by atoms with E-state index >= 15 is 0 Å².